The van der Waals surface area contributed by atoms with Crippen LogP contribution in [0.2, 0.25) is 0 Å². The number of carbonyl (C=O) groups is 1. The predicted octanol–water partition coefficient (Wildman–Crippen LogP) is 2.71. The van der Waals surface area contributed by atoms with E-state index in [4.69, 9.17) is 0 Å². The molecule has 0 spiro atoms. The fourth-order valence-corrected chi connectivity index (χ4v) is 1.86. The van der Waals surface area contributed by atoms with Gasteiger partial charge < -0.3 is 15.5 Å². The minimum Gasteiger partial charge on any atom is -0.394 e. The first-order valence-electron chi connectivity index (χ1n) is 8.05. The van der Waals surface area contributed by atoms with Gasteiger partial charge in [-0.25, -0.2) is 0 Å². The van der Waals surface area contributed by atoms with Crippen molar-refractivity contribution in [3.05, 3.63) is 24.3 Å². The van der Waals surface area contributed by atoms with E-state index in [0.717, 1.165) is 25.7 Å². The first-order valence-corrected chi connectivity index (χ1v) is 8.05. The molecular formula is C17H31NO3. The van der Waals surface area contributed by atoms with Crippen LogP contribution in [0.3, 0.4) is 0 Å². The summed E-state index contributed by atoms with van der Waals surface area (Å²) < 4.78 is 0. The van der Waals surface area contributed by atoms with Crippen LogP contribution in [-0.2, 0) is 4.79 Å². The summed E-state index contributed by atoms with van der Waals surface area (Å²) >= 11 is 0. The molecule has 4 nitrogen and oxygen atoms in total. The fraction of sp³-hybridized carbons (Fsp3) is 0.706. The van der Waals surface area contributed by atoms with Gasteiger partial charge in [0, 0.05) is 6.42 Å². The van der Waals surface area contributed by atoms with Crippen LogP contribution in [0, 0.1) is 0 Å². The Morgan fingerprint density at radius 1 is 1.10 bits per heavy atom. The van der Waals surface area contributed by atoms with Crippen LogP contribution in [0.5, 0.6) is 0 Å². The van der Waals surface area contributed by atoms with Crippen LogP contribution in [0.25, 0.3) is 0 Å². The van der Waals surface area contributed by atoms with Crippen LogP contribution in [0.4, 0.5) is 0 Å². The molecule has 0 aliphatic carbocycles. The predicted molar refractivity (Wildman–Crippen MR) is 87.0 cm³/mol. The second kappa shape index (κ2) is 13.8. The third kappa shape index (κ3) is 11.2. The first kappa shape index (κ1) is 19.9. The van der Waals surface area contributed by atoms with Gasteiger partial charge in [-0.2, -0.15) is 0 Å². The number of carbonyl (C=O) groups excluding carboxylic acids is 1. The minimum absolute atomic E-state index is 0.136. The highest BCUT2D eigenvalue weighted by atomic mass is 16.3. The molecule has 0 fully saturated rings. The van der Waals surface area contributed by atoms with Gasteiger partial charge in [0.15, 0.2) is 0 Å². The molecule has 0 aliphatic rings. The second-order valence-corrected chi connectivity index (χ2v) is 5.22. The van der Waals surface area contributed by atoms with Gasteiger partial charge in [0.1, 0.15) is 0 Å². The van der Waals surface area contributed by atoms with Gasteiger partial charge in [0.25, 0.3) is 0 Å². The summed E-state index contributed by atoms with van der Waals surface area (Å²) in [6.45, 7) is 3.82. The number of aliphatic hydroxyl groups is 2. The van der Waals surface area contributed by atoms with Crippen LogP contribution in [0.1, 0.15) is 58.8 Å². The van der Waals surface area contributed by atoms with E-state index < -0.39 is 12.1 Å². The molecule has 1 amide bonds. The monoisotopic (exact) mass is 297 g/mol. The Hall–Kier alpha value is -1.13. The number of amides is 1. The van der Waals surface area contributed by atoms with Gasteiger partial charge in [0.05, 0.1) is 18.8 Å². The largest absolute Gasteiger partial charge is 0.394 e. The van der Waals surface area contributed by atoms with E-state index >= 15 is 0 Å². The molecule has 0 rings (SSSR count). The first-order chi connectivity index (χ1) is 10.2. The molecule has 4 heteroatoms. The Bertz CT molecular complexity index is 313. The Labute approximate surface area is 128 Å². The zero-order valence-corrected chi connectivity index (χ0v) is 13.4. The van der Waals surface area contributed by atoms with E-state index in [1.54, 1.807) is 6.08 Å². The van der Waals surface area contributed by atoms with Crippen LogP contribution in [-0.4, -0.2) is 34.9 Å². The fourth-order valence-electron chi connectivity index (χ4n) is 1.86. The highest BCUT2D eigenvalue weighted by Gasteiger charge is 2.17. The maximum atomic E-state index is 11.5. The molecule has 0 aliphatic heterocycles. The summed E-state index contributed by atoms with van der Waals surface area (Å²) in [6, 6.07) is -0.625. The van der Waals surface area contributed by atoms with E-state index in [1.807, 2.05) is 13.0 Å². The lowest BCUT2D eigenvalue weighted by molar-refractivity contribution is -0.122. The summed E-state index contributed by atoms with van der Waals surface area (Å²) in [6.07, 6.45) is 13.5. The SMILES string of the molecule is CCCC/C=C/CC/C=C/C(O)C(CO)NC(=O)CCC. The maximum Gasteiger partial charge on any atom is 0.220 e. The average Bonchev–Trinajstić information content (AvgIpc) is 2.47. The Morgan fingerprint density at radius 2 is 1.76 bits per heavy atom. The van der Waals surface area contributed by atoms with Crippen molar-refractivity contribution in [1.82, 2.24) is 5.32 Å². The van der Waals surface area contributed by atoms with E-state index in [1.165, 1.54) is 12.8 Å². The van der Waals surface area contributed by atoms with Crippen LogP contribution < -0.4 is 5.32 Å². The zero-order chi connectivity index (χ0) is 15.9. The summed E-state index contributed by atoms with van der Waals surface area (Å²) in [5.74, 6) is -0.136. The average molecular weight is 297 g/mol. The highest BCUT2D eigenvalue weighted by Crippen LogP contribution is 2.02. The van der Waals surface area contributed by atoms with Gasteiger partial charge in [-0.15, -0.1) is 0 Å². The molecule has 0 aromatic rings. The quantitative estimate of drug-likeness (QED) is 0.383. The van der Waals surface area contributed by atoms with Crippen molar-refractivity contribution >= 4 is 5.91 Å². The van der Waals surface area contributed by atoms with Gasteiger partial charge >= 0.3 is 0 Å². The van der Waals surface area contributed by atoms with E-state index in [2.05, 4.69) is 24.4 Å². The number of hydrogen-bond acceptors (Lipinski definition) is 3. The smallest absolute Gasteiger partial charge is 0.220 e. The lowest BCUT2D eigenvalue weighted by Gasteiger charge is -2.19. The van der Waals surface area contributed by atoms with E-state index in [0.29, 0.717) is 6.42 Å². The van der Waals surface area contributed by atoms with Crippen molar-refractivity contribution in [2.24, 2.45) is 0 Å². The molecule has 2 atom stereocenters. The lowest BCUT2D eigenvalue weighted by Crippen LogP contribution is -2.45. The number of aliphatic hydroxyl groups excluding tert-OH is 2. The van der Waals surface area contributed by atoms with Crippen molar-refractivity contribution in [2.45, 2.75) is 70.9 Å². The molecule has 0 saturated heterocycles. The number of rotatable bonds is 12. The molecule has 0 saturated carbocycles. The van der Waals surface area contributed by atoms with Gasteiger partial charge in [-0.1, -0.05) is 51.0 Å². The molecule has 2 unspecified atom stereocenters. The van der Waals surface area contributed by atoms with Crippen molar-refractivity contribution in [3.63, 3.8) is 0 Å². The molecule has 0 bridgehead atoms. The molecular weight excluding hydrogens is 266 g/mol. The Morgan fingerprint density at radius 3 is 2.38 bits per heavy atom. The third-order valence-corrected chi connectivity index (χ3v) is 3.16. The number of nitrogens with one attached hydrogen (secondary N) is 1. The lowest BCUT2D eigenvalue weighted by atomic mass is 10.1. The van der Waals surface area contributed by atoms with Crippen molar-refractivity contribution in [2.75, 3.05) is 6.61 Å². The molecule has 0 aromatic carbocycles. The molecule has 0 radical (unpaired) electrons. The van der Waals surface area contributed by atoms with Gasteiger partial charge in [-0.05, 0) is 25.7 Å². The molecule has 0 heterocycles. The molecule has 122 valence electrons. The van der Waals surface area contributed by atoms with Crippen molar-refractivity contribution in [1.29, 1.82) is 0 Å². The summed E-state index contributed by atoms with van der Waals surface area (Å²) in [4.78, 5) is 11.5. The topological polar surface area (TPSA) is 69.6 Å². The van der Waals surface area contributed by atoms with Crippen molar-refractivity contribution in [3.8, 4) is 0 Å². The highest BCUT2D eigenvalue weighted by molar-refractivity contribution is 5.76. The van der Waals surface area contributed by atoms with Gasteiger partial charge in [0.2, 0.25) is 5.91 Å². The summed E-state index contributed by atoms with van der Waals surface area (Å²) in [7, 11) is 0. The molecule has 21 heavy (non-hydrogen) atoms. The van der Waals surface area contributed by atoms with Crippen molar-refractivity contribution < 1.29 is 15.0 Å². The standard InChI is InChI=1S/C17H31NO3/c1-3-5-6-7-8-9-10-11-13-16(20)15(14-19)18-17(21)12-4-2/h7-8,11,13,15-16,19-20H,3-6,9-10,12,14H2,1-2H3,(H,18,21)/b8-7+,13-11+. The van der Waals surface area contributed by atoms with E-state index in [-0.39, 0.29) is 12.5 Å². The Balaban J connectivity index is 3.96. The second-order valence-electron chi connectivity index (χ2n) is 5.22. The zero-order valence-electron chi connectivity index (χ0n) is 13.4. The van der Waals surface area contributed by atoms with Gasteiger partial charge in [-0.3, -0.25) is 4.79 Å². The third-order valence-electron chi connectivity index (χ3n) is 3.16. The van der Waals surface area contributed by atoms with Crippen LogP contribution in [0.15, 0.2) is 24.3 Å². The number of allylic oxidation sites excluding steroid dienone is 3. The number of hydrogen-bond donors (Lipinski definition) is 3. The van der Waals surface area contributed by atoms with Crippen LogP contribution >= 0.6 is 0 Å². The minimum atomic E-state index is -0.847. The van der Waals surface area contributed by atoms with E-state index in [9.17, 15) is 15.0 Å². The normalized spacial score (nSPS) is 14.7. The molecule has 3 N–H and O–H groups in total. The maximum absolute atomic E-state index is 11.5. The Kier molecular flexibility index (Phi) is 13.1. The summed E-state index contributed by atoms with van der Waals surface area (Å²) in [5.41, 5.74) is 0. The molecule has 0 aromatic heterocycles. The summed E-state index contributed by atoms with van der Waals surface area (Å²) in [5, 5.41) is 21.8. The number of unbranched alkanes of at least 4 members (excludes halogenated alkanes) is 3.